The highest BCUT2D eigenvalue weighted by atomic mass is 16.4. The average molecular weight is 331 g/mol. The van der Waals surface area contributed by atoms with Crippen molar-refractivity contribution in [3.63, 3.8) is 0 Å². The van der Waals surface area contributed by atoms with Gasteiger partial charge in [-0.2, -0.15) is 0 Å². The van der Waals surface area contributed by atoms with Crippen molar-refractivity contribution >= 4 is 17.8 Å². The Hall–Kier alpha value is -1.67. The number of hydrogen-bond acceptors (Lipinski definition) is 5. The van der Waals surface area contributed by atoms with Gasteiger partial charge in [0.2, 0.25) is 11.8 Å². The molecule has 0 spiro atoms. The molecule has 0 saturated heterocycles. The Morgan fingerprint density at radius 2 is 1.48 bits per heavy atom. The number of carboxylic acid groups (broad SMARTS) is 1. The quantitative estimate of drug-likeness (QED) is 0.384. The van der Waals surface area contributed by atoms with Gasteiger partial charge in [-0.15, -0.1) is 0 Å². The van der Waals surface area contributed by atoms with E-state index in [9.17, 15) is 24.6 Å². The van der Waals surface area contributed by atoms with Crippen molar-refractivity contribution in [1.29, 1.82) is 0 Å². The number of nitrogens with two attached hydrogens (primary N) is 1. The van der Waals surface area contributed by atoms with Gasteiger partial charge >= 0.3 is 5.97 Å². The van der Waals surface area contributed by atoms with E-state index in [0.29, 0.717) is 6.42 Å². The van der Waals surface area contributed by atoms with E-state index >= 15 is 0 Å². The van der Waals surface area contributed by atoms with Crippen LogP contribution in [-0.4, -0.2) is 52.2 Å². The van der Waals surface area contributed by atoms with E-state index in [1.54, 1.807) is 20.8 Å². The van der Waals surface area contributed by atoms with E-state index in [0.717, 1.165) is 0 Å². The van der Waals surface area contributed by atoms with Crippen molar-refractivity contribution in [1.82, 2.24) is 10.6 Å². The third kappa shape index (κ3) is 6.54. The number of nitrogens with one attached hydrogen (secondary N) is 2. The highest BCUT2D eigenvalue weighted by molar-refractivity contribution is 5.92. The maximum Gasteiger partial charge on any atom is 0.326 e. The second kappa shape index (κ2) is 9.46. The maximum atomic E-state index is 12.3. The molecule has 8 nitrogen and oxygen atoms in total. The summed E-state index contributed by atoms with van der Waals surface area (Å²) in [6, 6.07) is -3.18. The number of rotatable bonds is 9. The van der Waals surface area contributed by atoms with Crippen LogP contribution in [0, 0.1) is 11.8 Å². The minimum Gasteiger partial charge on any atom is -0.480 e. The van der Waals surface area contributed by atoms with Gasteiger partial charge in [-0.1, -0.05) is 34.1 Å². The van der Waals surface area contributed by atoms with Crippen LogP contribution in [0.5, 0.6) is 0 Å². The highest BCUT2D eigenvalue weighted by Gasteiger charge is 2.33. The molecule has 0 fully saturated rings. The first-order valence-electron chi connectivity index (χ1n) is 7.80. The zero-order chi connectivity index (χ0) is 18.3. The Labute approximate surface area is 136 Å². The predicted octanol–water partition coefficient (Wildman–Crippen LogP) is -0.549. The van der Waals surface area contributed by atoms with Crippen LogP contribution in [0.25, 0.3) is 0 Å². The molecule has 0 radical (unpaired) electrons. The summed E-state index contributed by atoms with van der Waals surface area (Å²) in [5, 5.41) is 23.7. The van der Waals surface area contributed by atoms with Crippen LogP contribution >= 0.6 is 0 Å². The normalized spacial score (nSPS) is 17.7. The first-order chi connectivity index (χ1) is 10.5. The van der Waals surface area contributed by atoms with Crippen LogP contribution < -0.4 is 16.4 Å². The smallest absolute Gasteiger partial charge is 0.326 e. The first kappa shape index (κ1) is 21.3. The number of aliphatic hydroxyl groups is 1. The van der Waals surface area contributed by atoms with E-state index in [4.69, 9.17) is 5.73 Å². The summed E-state index contributed by atoms with van der Waals surface area (Å²) >= 11 is 0. The number of carboxylic acids is 1. The van der Waals surface area contributed by atoms with Gasteiger partial charge in [0.25, 0.3) is 0 Å². The van der Waals surface area contributed by atoms with Gasteiger partial charge < -0.3 is 26.6 Å². The van der Waals surface area contributed by atoms with Crippen LogP contribution in [0.15, 0.2) is 0 Å². The van der Waals surface area contributed by atoms with Crippen LogP contribution in [-0.2, 0) is 14.4 Å². The topological polar surface area (TPSA) is 142 Å². The number of carbonyl (C=O) groups excluding carboxylic acids is 2. The molecular weight excluding hydrogens is 302 g/mol. The molecular formula is C15H29N3O5. The molecule has 0 aliphatic heterocycles. The fourth-order valence-corrected chi connectivity index (χ4v) is 1.88. The van der Waals surface area contributed by atoms with Gasteiger partial charge in [0.05, 0.1) is 12.1 Å². The van der Waals surface area contributed by atoms with E-state index < -0.39 is 42.0 Å². The Bertz CT molecular complexity index is 425. The maximum absolute atomic E-state index is 12.3. The molecule has 0 aliphatic carbocycles. The third-order valence-electron chi connectivity index (χ3n) is 3.86. The molecule has 0 aromatic carbocycles. The molecule has 0 aliphatic rings. The monoisotopic (exact) mass is 331 g/mol. The summed E-state index contributed by atoms with van der Waals surface area (Å²) in [6.45, 7) is 8.35. The number of aliphatic hydroxyl groups excluding tert-OH is 1. The Morgan fingerprint density at radius 1 is 1.00 bits per heavy atom. The molecule has 0 aromatic rings. The molecule has 0 aromatic heterocycles. The SMILES string of the molecule is CC[C@H](C)[C@H](NC(=O)[C@@H](NC(=O)[C@@H](N)C(C)C)[C@@H](C)O)C(=O)O. The van der Waals surface area contributed by atoms with Crippen LogP contribution in [0.2, 0.25) is 0 Å². The van der Waals surface area contributed by atoms with E-state index in [1.165, 1.54) is 6.92 Å². The largest absolute Gasteiger partial charge is 0.480 e. The second-order valence-corrected chi connectivity index (χ2v) is 6.21. The summed E-state index contributed by atoms with van der Waals surface area (Å²) in [7, 11) is 0. The lowest BCUT2D eigenvalue weighted by Crippen LogP contribution is -2.59. The minimum absolute atomic E-state index is 0.139. The fourth-order valence-electron chi connectivity index (χ4n) is 1.88. The summed E-state index contributed by atoms with van der Waals surface area (Å²) in [5.41, 5.74) is 5.71. The van der Waals surface area contributed by atoms with Crippen molar-refractivity contribution in [3.8, 4) is 0 Å². The number of amides is 2. The van der Waals surface area contributed by atoms with Crippen LogP contribution in [0.1, 0.15) is 41.0 Å². The molecule has 0 saturated carbocycles. The van der Waals surface area contributed by atoms with E-state index in [1.807, 2.05) is 6.92 Å². The number of carbonyl (C=O) groups is 3. The van der Waals surface area contributed by atoms with Gasteiger partial charge in [-0.05, 0) is 18.8 Å². The minimum atomic E-state index is -1.27. The van der Waals surface area contributed by atoms with Gasteiger partial charge in [-0.3, -0.25) is 9.59 Å². The lowest BCUT2D eigenvalue weighted by molar-refractivity contribution is -0.144. The van der Waals surface area contributed by atoms with Crippen molar-refractivity contribution < 1.29 is 24.6 Å². The molecule has 6 N–H and O–H groups in total. The zero-order valence-electron chi connectivity index (χ0n) is 14.4. The summed E-state index contributed by atoms with van der Waals surface area (Å²) in [4.78, 5) is 35.5. The summed E-state index contributed by atoms with van der Waals surface area (Å²) in [5.74, 6) is -2.92. The van der Waals surface area contributed by atoms with Gasteiger partial charge in [0.1, 0.15) is 12.1 Å². The van der Waals surface area contributed by atoms with Gasteiger partial charge in [-0.25, -0.2) is 4.79 Å². The standard InChI is InChI=1S/C15H29N3O5/c1-6-8(4)11(15(22)23)17-14(21)12(9(5)19)18-13(20)10(16)7(2)3/h7-12,19H,6,16H2,1-5H3,(H,17,21)(H,18,20)(H,22,23)/t8-,9+,10-,11-,12-/m0/s1. The fraction of sp³-hybridized carbons (Fsp3) is 0.800. The molecule has 0 bridgehead atoms. The lowest BCUT2D eigenvalue weighted by atomic mass is 9.98. The molecule has 23 heavy (non-hydrogen) atoms. The van der Waals surface area contributed by atoms with E-state index in [2.05, 4.69) is 10.6 Å². The van der Waals surface area contributed by atoms with Crippen molar-refractivity contribution in [2.45, 2.75) is 65.3 Å². The molecule has 0 unspecified atom stereocenters. The second-order valence-electron chi connectivity index (χ2n) is 6.21. The summed E-state index contributed by atoms with van der Waals surface area (Å²) < 4.78 is 0. The Kier molecular flexibility index (Phi) is 8.78. The number of aliphatic carboxylic acids is 1. The highest BCUT2D eigenvalue weighted by Crippen LogP contribution is 2.09. The molecule has 0 rings (SSSR count). The first-order valence-corrected chi connectivity index (χ1v) is 7.80. The Morgan fingerprint density at radius 3 is 1.83 bits per heavy atom. The third-order valence-corrected chi connectivity index (χ3v) is 3.86. The van der Waals surface area contributed by atoms with Crippen molar-refractivity contribution in [2.75, 3.05) is 0 Å². The summed E-state index contributed by atoms with van der Waals surface area (Å²) in [6.07, 6.45) is -0.633. The van der Waals surface area contributed by atoms with Crippen molar-refractivity contribution in [2.24, 2.45) is 17.6 Å². The lowest BCUT2D eigenvalue weighted by Gasteiger charge is -2.27. The Balaban J connectivity index is 5.06. The van der Waals surface area contributed by atoms with Crippen LogP contribution in [0.3, 0.4) is 0 Å². The van der Waals surface area contributed by atoms with Gasteiger partial charge in [0.15, 0.2) is 0 Å². The van der Waals surface area contributed by atoms with Crippen LogP contribution in [0.4, 0.5) is 0 Å². The van der Waals surface area contributed by atoms with Crippen molar-refractivity contribution in [3.05, 3.63) is 0 Å². The van der Waals surface area contributed by atoms with E-state index in [-0.39, 0.29) is 11.8 Å². The number of hydrogen-bond donors (Lipinski definition) is 5. The molecule has 0 heterocycles. The average Bonchev–Trinajstić information content (AvgIpc) is 2.47. The molecule has 5 atom stereocenters. The zero-order valence-corrected chi connectivity index (χ0v) is 14.4. The molecule has 2 amide bonds. The predicted molar refractivity (Wildman–Crippen MR) is 85.4 cm³/mol. The van der Waals surface area contributed by atoms with Gasteiger partial charge in [0, 0.05) is 0 Å². The molecule has 8 heteroatoms. The molecule has 134 valence electrons.